The lowest BCUT2D eigenvalue weighted by atomic mass is 9.94. The normalized spacial score (nSPS) is 18.0. The monoisotopic (exact) mass is 507 g/mol. The van der Waals surface area contributed by atoms with Gasteiger partial charge in [-0.15, -0.1) is 0 Å². The number of ketones is 1. The van der Waals surface area contributed by atoms with Crippen LogP contribution in [0.5, 0.6) is 17.2 Å². The van der Waals surface area contributed by atoms with Gasteiger partial charge < -0.3 is 19.7 Å². The Labute approximate surface area is 219 Å². The number of phenols is 1. The highest BCUT2D eigenvalue weighted by molar-refractivity contribution is 6.52. The smallest absolute Gasteiger partial charge is 0.300 e. The van der Waals surface area contributed by atoms with Crippen molar-refractivity contribution in [2.24, 2.45) is 0 Å². The van der Waals surface area contributed by atoms with Crippen molar-refractivity contribution in [2.75, 3.05) is 18.1 Å². The van der Waals surface area contributed by atoms with Gasteiger partial charge >= 0.3 is 0 Å². The van der Waals surface area contributed by atoms with E-state index in [0.717, 1.165) is 22.1 Å². The van der Waals surface area contributed by atoms with Crippen LogP contribution < -0.4 is 14.4 Å². The molecule has 1 atom stereocenters. The number of fused-ring (bicyclic) bond motifs is 2. The van der Waals surface area contributed by atoms with Crippen LogP contribution in [0.3, 0.4) is 0 Å². The molecule has 1 fully saturated rings. The molecule has 2 aliphatic rings. The number of hydrogen-bond acceptors (Lipinski definition) is 6. The number of aliphatic hydroxyl groups is 1. The van der Waals surface area contributed by atoms with Gasteiger partial charge in [-0.1, -0.05) is 42.5 Å². The van der Waals surface area contributed by atoms with Crippen LogP contribution >= 0.6 is 0 Å². The van der Waals surface area contributed by atoms with Crippen molar-refractivity contribution in [3.05, 3.63) is 101 Å². The molecule has 4 aromatic carbocycles. The fourth-order valence-corrected chi connectivity index (χ4v) is 5.28. The van der Waals surface area contributed by atoms with E-state index in [4.69, 9.17) is 9.47 Å². The van der Waals surface area contributed by atoms with Gasteiger partial charge in [0, 0.05) is 17.4 Å². The van der Waals surface area contributed by atoms with E-state index in [-0.39, 0.29) is 22.8 Å². The summed E-state index contributed by atoms with van der Waals surface area (Å²) in [5, 5.41) is 23.6. The largest absolute Gasteiger partial charge is 0.507 e. The second kappa shape index (κ2) is 9.27. The fraction of sp³-hybridized carbons (Fsp3) is 0.161. The molecule has 7 heteroatoms. The Balaban J connectivity index is 1.59. The number of phenolic OH excluding ortho intramolecular Hbond substituents is 1. The molecule has 4 aromatic rings. The van der Waals surface area contributed by atoms with Gasteiger partial charge in [0.2, 0.25) is 0 Å². The topological polar surface area (TPSA) is 96.3 Å². The highest BCUT2D eigenvalue weighted by atomic mass is 16.5. The Bertz CT molecular complexity index is 1630. The van der Waals surface area contributed by atoms with Crippen molar-refractivity contribution in [3.63, 3.8) is 0 Å². The van der Waals surface area contributed by atoms with E-state index < -0.39 is 17.7 Å². The number of ether oxygens (including phenoxy) is 2. The predicted octanol–water partition coefficient (Wildman–Crippen LogP) is 5.51. The Morgan fingerprint density at radius 2 is 1.84 bits per heavy atom. The number of carbonyl (C=O) groups excluding carboxylic acids is 2. The summed E-state index contributed by atoms with van der Waals surface area (Å²) in [6.07, 6.45) is 0.694. The van der Waals surface area contributed by atoms with E-state index in [0.29, 0.717) is 36.4 Å². The zero-order chi connectivity index (χ0) is 26.4. The van der Waals surface area contributed by atoms with Gasteiger partial charge in [-0.25, -0.2) is 0 Å². The van der Waals surface area contributed by atoms with Gasteiger partial charge in [0.1, 0.15) is 11.5 Å². The minimum atomic E-state index is -0.954. The number of hydrogen-bond donors (Lipinski definition) is 2. The Kier molecular flexibility index (Phi) is 5.76. The molecule has 0 spiro atoms. The average Bonchev–Trinajstić information content (AvgIpc) is 3.51. The first-order valence-corrected chi connectivity index (χ1v) is 12.5. The minimum Gasteiger partial charge on any atom is -0.507 e. The van der Waals surface area contributed by atoms with E-state index in [9.17, 15) is 19.8 Å². The molecule has 2 N–H and O–H groups in total. The van der Waals surface area contributed by atoms with Gasteiger partial charge in [0.05, 0.1) is 30.5 Å². The Morgan fingerprint density at radius 1 is 1.03 bits per heavy atom. The van der Waals surface area contributed by atoms with Crippen molar-refractivity contribution >= 4 is 33.9 Å². The molecule has 0 aromatic heterocycles. The van der Waals surface area contributed by atoms with Gasteiger partial charge in [-0.05, 0) is 59.8 Å². The Morgan fingerprint density at radius 3 is 2.68 bits per heavy atom. The highest BCUT2D eigenvalue weighted by Crippen LogP contribution is 2.46. The quantitative estimate of drug-likeness (QED) is 0.210. The van der Waals surface area contributed by atoms with Crippen LogP contribution in [-0.2, 0) is 16.0 Å². The summed E-state index contributed by atoms with van der Waals surface area (Å²) in [4.78, 5) is 28.7. The fourth-order valence-electron chi connectivity index (χ4n) is 5.28. The molecule has 0 radical (unpaired) electrons. The first-order chi connectivity index (χ1) is 18.5. The number of anilines is 1. The van der Waals surface area contributed by atoms with Crippen LogP contribution in [-0.4, -0.2) is 35.1 Å². The predicted molar refractivity (Wildman–Crippen MR) is 144 cm³/mol. The third-order valence-corrected chi connectivity index (χ3v) is 7.03. The third-order valence-electron chi connectivity index (χ3n) is 7.03. The number of Topliss-reactive ketones (excluding diaryl/α,β-unsaturated/α-hetero) is 1. The highest BCUT2D eigenvalue weighted by Gasteiger charge is 2.47. The molecule has 1 amide bonds. The molecule has 1 saturated heterocycles. The molecular formula is C31H25NO6. The molecule has 0 saturated carbocycles. The summed E-state index contributed by atoms with van der Waals surface area (Å²) in [6.45, 7) is 2.67. The van der Waals surface area contributed by atoms with Crippen LogP contribution in [0.15, 0.2) is 84.4 Å². The zero-order valence-electron chi connectivity index (χ0n) is 20.7. The minimum absolute atomic E-state index is 0.0325. The van der Waals surface area contributed by atoms with Crippen LogP contribution in [0.4, 0.5) is 5.69 Å². The molecule has 1 unspecified atom stereocenters. The first-order valence-electron chi connectivity index (χ1n) is 12.5. The maximum atomic E-state index is 13.7. The number of amides is 1. The molecule has 0 aliphatic carbocycles. The number of rotatable bonds is 5. The summed E-state index contributed by atoms with van der Waals surface area (Å²) in [6, 6.07) is 22.2. The SMILES string of the molecule is CCOc1cc(C2/C(=C(\O)c3ccc4c(c3)CCO4)C(=O)C(=O)N2c2cccc3ccccc23)ccc1O. The molecule has 6 rings (SSSR count). The summed E-state index contributed by atoms with van der Waals surface area (Å²) in [5.74, 6) is -0.891. The standard InChI is InChI=1S/C31H25NO6/c1-2-37-26-17-20(10-12-24(26)33)28-27(29(34)21-11-13-25-19(16-21)14-15-38-25)30(35)31(36)32(28)23-9-5-7-18-6-3-4-8-22(18)23/h3-13,16-17,28,33-34H,2,14-15H2,1H3/b29-27+. The lowest BCUT2D eigenvalue weighted by Crippen LogP contribution is -2.29. The van der Waals surface area contributed by atoms with E-state index >= 15 is 0 Å². The molecule has 7 nitrogen and oxygen atoms in total. The lowest BCUT2D eigenvalue weighted by Gasteiger charge is -2.27. The first kappa shape index (κ1) is 23.6. The number of benzene rings is 4. The molecule has 2 heterocycles. The van der Waals surface area contributed by atoms with E-state index in [2.05, 4.69) is 0 Å². The van der Waals surface area contributed by atoms with E-state index in [1.165, 1.54) is 11.0 Å². The number of aromatic hydroxyl groups is 1. The van der Waals surface area contributed by atoms with Crippen molar-refractivity contribution in [1.82, 2.24) is 0 Å². The van der Waals surface area contributed by atoms with E-state index in [1.807, 2.05) is 36.4 Å². The number of nitrogens with zero attached hydrogens (tertiary/aromatic N) is 1. The number of carbonyl (C=O) groups is 2. The maximum absolute atomic E-state index is 13.7. The van der Waals surface area contributed by atoms with E-state index in [1.54, 1.807) is 43.3 Å². The second-order valence-electron chi connectivity index (χ2n) is 9.25. The van der Waals surface area contributed by atoms with Gasteiger partial charge in [0.25, 0.3) is 11.7 Å². The summed E-state index contributed by atoms with van der Waals surface area (Å²) in [5.41, 5.74) is 2.39. The average molecular weight is 508 g/mol. The second-order valence-corrected chi connectivity index (χ2v) is 9.25. The molecular weight excluding hydrogens is 482 g/mol. The van der Waals surface area contributed by atoms with Crippen LogP contribution in [0.25, 0.3) is 16.5 Å². The van der Waals surface area contributed by atoms with Gasteiger partial charge in [0.15, 0.2) is 11.5 Å². The van der Waals surface area contributed by atoms with Crippen molar-refractivity contribution in [2.45, 2.75) is 19.4 Å². The van der Waals surface area contributed by atoms with Crippen molar-refractivity contribution < 1.29 is 29.3 Å². The zero-order valence-corrected chi connectivity index (χ0v) is 20.7. The molecule has 2 aliphatic heterocycles. The third kappa shape index (κ3) is 3.75. The summed E-state index contributed by atoms with van der Waals surface area (Å²) >= 11 is 0. The van der Waals surface area contributed by atoms with Crippen LogP contribution in [0.2, 0.25) is 0 Å². The summed E-state index contributed by atoms with van der Waals surface area (Å²) < 4.78 is 11.2. The Hall–Kier alpha value is -4.78. The maximum Gasteiger partial charge on any atom is 0.300 e. The van der Waals surface area contributed by atoms with Gasteiger partial charge in [-0.3, -0.25) is 14.5 Å². The lowest BCUT2D eigenvalue weighted by molar-refractivity contribution is -0.132. The molecule has 38 heavy (non-hydrogen) atoms. The van der Waals surface area contributed by atoms with Crippen molar-refractivity contribution in [1.29, 1.82) is 0 Å². The van der Waals surface area contributed by atoms with Crippen molar-refractivity contribution in [3.8, 4) is 17.2 Å². The van der Waals surface area contributed by atoms with Gasteiger partial charge in [-0.2, -0.15) is 0 Å². The molecule has 0 bridgehead atoms. The summed E-state index contributed by atoms with van der Waals surface area (Å²) in [7, 11) is 0. The van der Waals surface area contributed by atoms with Crippen LogP contribution in [0, 0.1) is 0 Å². The molecule has 190 valence electrons. The van der Waals surface area contributed by atoms with Crippen LogP contribution in [0.1, 0.15) is 29.7 Å². The number of aliphatic hydroxyl groups excluding tert-OH is 1.